The lowest BCUT2D eigenvalue weighted by molar-refractivity contribution is 0.163. The number of methoxy groups -OCH3 is 1. The van der Waals surface area contributed by atoms with Crippen LogP contribution in [0.3, 0.4) is 0 Å². The summed E-state index contributed by atoms with van der Waals surface area (Å²) in [6.45, 7) is 3.18. The molecule has 0 aliphatic carbocycles. The van der Waals surface area contributed by atoms with Crippen LogP contribution in [0.25, 0.3) is 0 Å². The minimum atomic E-state index is -0.352. The predicted octanol–water partition coefficient (Wildman–Crippen LogP) is 2.16. The monoisotopic (exact) mass is 319 g/mol. The SMILES string of the molecule is COCCN(C)CCNc1cc(Br)c(F)cc1N. The van der Waals surface area contributed by atoms with Crippen LogP contribution in [0.1, 0.15) is 0 Å². The van der Waals surface area contributed by atoms with Gasteiger partial charge in [0.05, 0.1) is 22.5 Å². The standard InChI is InChI=1S/C12H19BrFN3O/c1-17(5-6-18-2)4-3-16-12-7-9(13)10(14)8-11(12)15/h7-8,16H,3-6,15H2,1-2H3. The quantitative estimate of drug-likeness (QED) is 0.756. The zero-order valence-corrected chi connectivity index (χ0v) is 12.3. The summed E-state index contributed by atoms with van der Waals surface area (Å²) in [5, 5.41) is 3.18. The van der Waals surface area contributed by atoms with Crippen molar-refractivity contribution in [2.24, 2.45) is 0 Å². The van der Waals surface area contributed by atoms with E-state index in [1.807, 2.05) is 7.05 Å². The first kappa shape index (κ1) is 15.2. The van der Waals surface area contributed by atoms with Gasteiger partial charge < -0.3 is 20.7 Å². The van der Waals surface area contributed by atoms with E-state index in [2.05, 4.69) is 26.1 Å². The fourth-order valence-corrected chi connectivity index (χ4v) is 1.80. The Morgan fingerprint density at radius 1 is 1.44 bits per heavy atom. The molecule has 18 heavy (non-hydrogen) atoms. The Kier molecular flexibility index (Phi) is 6.38. The molecule has 1 aromatic carbocycles. The average Bonchev–Trinajstić information content (AvgIpc) is 2.33. The number of hydrogen-bond acceptors (Lipinski definition) is 4. The lowest BCUT2D eigenvalue weighted by Gasteiger charge is -2.17. The zero-order valence-electron chi connectivity index (χ0n) is 10.7. The van der Waals surface area contributed by atoms with Gasteiger partial charge in [0.2, 0.25) is 0 Å². The molecule has 0 radical (unpaired) electrons. The highest BCUT2D eigenvalue weighted by molar-refractivity contribution is 9.10. The second-order valence-corrected chi connectivity index (χ2v) is 4.93. The van der Waals surface area contributed by atoms with Crippen molar-refractivity contribution in [1.82, 2.24) is 4.90 Å². The molecule has 0 unspecified atom stereocenters. The summed E-state index contributed by atoms with van der Waals surface area (Å²) in [6, 6.07) is 2.96. The van der Waals surface area contributed by atoms with E-state index in [9.17, 15) is 4.39 Å². The molecule has 0 aliphatic heterocycles. The van der Waals surface area contributed by atoms with Gasteiger partial charge in [-0.1, -0.05) is 0 Å². The molecule has 6 heteroatoms. The Morgan fingerprint density at radius 3 is 2.83 bits per heavy atom. The maximum Gasteiger partial charge on any atom is 0.139 e. The highest BCUT2D eigenvalue weighted by atomic mass is 79.9. The normalized spacial score (nSPS) is 10.9. The third-order valence-corrected chi connectivity index (χ3v) is 3.19. The molecule has 1 aromatic rings. The molecular weight excluding hydrogens is 301 g/mol. The van der Waals surface area contributed by atoms with E-state index in [1.54, 1.807) is 13.2 Å². The zero-order chi connectivity index (χ0) is 13.5. The van der Waals surface area contributed by atoms with E-state index in [4.69, 9.17) is 10.5 Å². The van der Waals surface area contributed by atoms with Gasteiger partial charge in [0.25, 0.3) is 0 Å². The van der Waals surface area contributed by atoms with Crippen molar-refractivity contribution in [3.63, 3.8) is 0 Å². The van der Waals surface area contributed by atoms with E-state index in [1.165, 1.54) is 6.07 Å². The van der Waals surface area contributed by atoms with Crippen LogP contribution in [0, 0.1) is 5.82 Å². The van der Waals surface area contributed by atoms with Crippen molar-refractivity contribution in [3.05, 3.63) is 22.4 Å². The number of nitrogen functional groups attached to an aromatic ring is 1. The van der Waals surface area contributed by atoms with Crippen molar-refractivity contribution in [1.29, 1.82) is 0 Å². The number of nitrogens with two attached hydrogens (primary N) is 1. The summed E-state index contributed by atoms with van der Waals surface area (Å²) in [5.74, 6) is -0.352. The molecule has 4 nitrogen and oxygen atoms in total. The molecule has 0 saturated carbocycles. The number of anilines is 2. The molecular formula is C12H19BrFN3O. The van der Waals surface area contributed by atoms with E-state index < -0.39 is 0 Å². The molecule has 3 N–H and O–H groups in total. The number of nitrogens with zero attached hydrogens (tertiary/aromatic N) is 1. The first-order valence-electron chi connectivity index (χ1n) is 5.70. The Morgan fingerprint density at radius 2 is 2.17 bits per heavy atom. The highest BCUT2D eigenvalue weighted by Crippen LogP contribution is 2.26. The number of likely N-dealkylation sites (N-methyl/N-ethyl adjacent to an activating group) is 1. The molecule has 0 heterocycles. The van der Waals surface area contributed by atoms with E-state index in [0.29, 0.717) is 16.8 Å². The van der Waals surface area contributed by atoms with E-state index in [0.717, 1.165) is 25.3 Å². The topological polar surface area (TPSA) is 50.5 Å². The highest BCUT2D eigenvalue weighted by Gasteiger charge is 2.05. The van der Waals surface area contributed by atoms with Crippen LogP contribution in [0.5, 0.6) is 0 Å². The van der Waals surface area contributed by atoms with E-state index in [-0.39, 0.29) is 5.82 Å². The summed E-state index contributed by atoms with van der Waals surface area (Å²) < 4.78 is 18.6. The number of halogens is 2. The summed E-state index contributed by atoms with van der Waals surface area (Å²) in [5.41, 5.74) is 6.88. The number of ether oxygens (including phenoxy) is 1. The van der Waals surface area contributed by atoms with Gasteiger partial charge in [-0.2, -0.15) is 0 Å². The minimum absolute atomic E-state index is 0.352. The number of nitrogens with one attached hydrogen (secondary N) is 1. The van der Waals surface area contributed by atoms with E-state index >= 15 is 0 Å². The molecule has 0 amide bonds. The van der Waals surface area contributed by atoms with Crippen molar-refractivity contribution in [2.45, 2.75) is 0 Å². The maximum absolute atomic E-state index is 13.2. The average molecular weight is 320 g/mol. The van der Waals surface area contributed by atoms with Gasteiger partial charge in [0, 0.05) is 32.8 Å². The van der Waals surface area contributed by atoms with Gasteiger partial charge in [-0.05, 0) is 29.0 Å². The number of hydrogen-bond donors (Lipinski definition) is 2. The van der Waals surface area contributed by atoms with Crippen LogP contribution in [-0.2, 0) is 4.74 Å². The van der Waals surface area contributed by atoms with Crippen molar-refractivity contribution >= 4 is 27.3 Å². The van der Waals surface area contributed by atoms with Gasteiger partial charge in [0.15, 0.2) is 0 Å². The molecule has 0 fully saturated rings. The molecule has 0 bridgehead atoms. The Bertz CT molecular complexity index is 390. The van der Waals surface area contributed by atoms with Gasteiger partial charge in [0.1, 0.15) is 5.82 Å². The van der Waals surface area contributed by atoms with Crippen LogP contribution in [-0.4, -0.2) is 45.3 Å². The van der Waals surface area contributed by atoms with Crippen LogP contribution in [0.2, 0.25) is 0 Å². The fourth-order valence-electron chi connectivity index (χ4n) is 1.46. The van der Waals surface area contributed by atoms with Crippen LogP contribution in [0.15, 0.2) is 16.6 Å². The van der Waals surface area contributed by atoms with Crippen molar-refractivity contribution in [2.75, 3.05) is 51.4 Å². The molecule has 0 aliphatic rings. The van der Waals surface area contributed by atoms with Crippen molar-refractivity contribution in [3.8, 4) is 0 Å². The van der Waals surface area contributed by atoms with Crippen molar-refractivity contribution < 1.29 is 9.13 Å². The Labute approximate surface area is 115 Å². The maximum atomic E-state index is 13.2. The van der Waals surface area contributed by atoms with Crippen LogP contribution < -0.4 is 11.1 Å². The smallest absolute Gasteiger partial charge is 0.139 e. The molecule has 1 rings (SSSR count). The Hall–Kier alpha value is -0.850. The third kappa shape index (κ3) is 4.80. The molecule has 0 saturated heterocycles. The molecule has 0 aromatic heterocycles. The minimum Gasteiger partial charge on any atom is -0.397 e. The third-order valence-electron chi connectivity index (χ3n) is 2.58. The lowest BCUT2D eigenvalue weighted by Crippen LogP contribution is -2.28. The summed E-state index contributed by atoms with van der Waals surface area (Å²) in [4.78, 5) is 2.14. The Balaban J connectivity index is 2.42. The second kappa shape index (κ2) is 7.56. The summed E-state index contributed by atoms with van der Waals surface area (Å²) in [6.07, 6.45) is 0. The molecule has 0 atom stereocenters. The number of benzene rings is 1. The fraction of sp³-hybridized carbons (Fsp3) is 0.500. The first-order chi connectivity index (χ1) is 8.54. The lowest BCUT2D eigenvalue weighted by atomic mass is 10.2. The largest absolute Gasteiger partial charge is 0.397 e. The summed E-state index contributed by atoms with van der Waals surface area (Å²) in [7, 11) is 3.70. The van der Waals surface area contributed by atoms with Gasteiger partial charge in [-0.3, -0.25) is 0 Å². The molecule has 102 valence electrons. The van der Waals surface area contributed by atoms with Gasteiger partial charge in [-0.25, -0.2) is 4.39 Å². The van der Waals surface area contributed by atoms with Gasteiger partial charge >= 0.3 is 0 Å². The predicted molar refractivity (Wildman–Crippen MR) is 76.4 cm³/mol. The van der Waals surface area contributed by atoms with Crippen LogP contribution in [0.4, 0.5) is 15.8 Å². The first-order valence-corrected chi connectivity index (χ1v) is 6.49. The summed E-state index contributed by atoms with van der Waals surface area (Å²) >= 11 is 3.14. The second-order valence-electron chi connectivity index (χ2n) is 4.08. The number of rotatable bonds is 7. The van der Waals surface area contributed by atoms with Crippen LogP contribution >= 0.6 is 15.9 Å². The molecule has 0 spiro atoms. The van der Waals surface area contributed by atoms with Gasteiger partial charge in [-0.15, -0.1) is 0 Å².